The van der Waals surface area contributed by atoms with Crippen molar-refractivity contribution in [1.29, 1.82) is 0 Å². The van der Waals surface area contributed by atoms with E-state index in [2.05, 4.69) is 0 Å². The summed E-state index contributed by atoms with van der Waals surface area (Å²) in [6.07, 6.45) is -2.55. The van der Waals surface area contributed by atoms with Crippen molar-refractivity contribution in [3.63, 3.8) is 0 Å². The fourth-order valence-corrected chi connectivity index (χ4v) is 2.71. The van der Waals surface area contributed by atoms with Gasteiger partial charge in [-0.15, -0.1) is 0 Å². The van der Waals surface area contributed by atoms with Gasteiger partial charge < -0.3 is 9.84 Å². The average molecular weight is 327 g/mol. The number of rotatable bonds is 4. The summed E-state index contributed by atoms with van der Waals surface area (Å²) in [5.41, 5.74) is -0.885. The van der Waals surface area contributed by atoms with Gasteiger partial charge in [-0.25, -0.2) is 18.4 Å². The summed E-state index contributed by atoms with van der Waals surface area (Å²) in [5, 5.41) is 9.47. The lowest BCUT2D eigenvalue weighted by Gasteiger charge is -2.42. The summed E-state index contributed by atoms with van der Waals surface area (Å²) in [7, 11) is 1.28. The highest BCUT2D eigenvalue weighted by Crippen LogP contribution is 2.41. The van der Waals surface area contributed by atoms with Gasteiger partial charge in [0, 0.05) is 19.9 Å². The van der Waals surface area contributed by atoms with Gasteiger partial charge in [0.2, 0.25) is 5.92 Å². The molecule has 0 atom stereocenters. The first kappa shape index (κ1) is 17.2. The van der Waals surface area contributed by atoms with Gasteiger partial charge in [-0.1, -0.05) is 30.3 Å². The number of carbonyl (C=O) groups excluding carboxylic acids is 1. The molecule has 1 aliphatic carbocycles. The zero-order valence-corrected chi connectivity index (χ0v) is 12.8. The molecular weight excluding hydrogens is 308 g/mol. The number of ether oxygens (including phenoxy) is 1. The van der Waals surface area contributed by atoms with Crippen LogP contribution in [-0.2, 0) is 16.1 Å². The number of carbonyl (C=O) groups is 2. The number of nitrogens with zero attached hydrogens (tertiary/aromatic N) is 1. The molecule has 1 saturated carbocycles. The first-order chi connectivity index (χ1) is 10.8. The second-order valence-electron chi connectivity index (χ2n) is 5.79. The second kappa shape index (κ2) is 6.52. The van der Waals surface area contributed by atoms with Crippen LogP contribution in [0.2, 0.25) is 0 Å². The van der Waals surface area contributed by atoms with Crippen LogP contribution in [0.25, 0.3) is 0 Å². The summed E-state index contributed by atoms with van der Waals surface area (Å²) in [6.45, 7) is -0.00410. The Hall–Kier alpha value is -2.18. The quantitative estimate of drug-likeness (QED) is 0.921. The molecule has 1 N–H and O–H groups in total. The van der Waals surface area contributed by atoms with Crippen LogP contribution in [0.15, 0.2) is 30.3 Å². The van der Waals surface area contributed by atoms with Crippen LogP contribution < -0.4 is 0 Å². The van der Waals surface area contributed by atoms with E-state index in [4.69, 9.17) is 4.74 Å². The van der Waals surface area contributed by atoms with Crippen LogP contribution in [0.1, 0.15) is 31.2 Å². The maximum absolute atomic E-state index is 13.3. The summed E-state index contributed by atoms with van der Waals surface area (Å²) >= 11 is 0. The molecule has 1 aliphatic rings. The Balaban J connectivity index is 2.04. The summed E-state index contributed by atoms with van der Waals surface area (Å²) in [4.78, 5) is 24.7. The van der Waals surface area contributed by atoms with Crippen LogP contribution in [0.3, 0.4) is 0 Å². The summed E-state index contributed by atoms with van der Waals surface area (Å²) < 4.78 is 31.7. The highest BCUT2D eigenvalue weighted by molar-refractivity contribution is 5.84. The average Bonchev–Trinajstić information content (AvgIpc) is 2.53. The van der Waals surface area contributed by atoms with Gasteiger partial charge in [0.15, 0.2) is 0 Å². The first-order valence-electron chi connectivity index (χ1n) is 7.33. The Morgan fingerprint density at radius 1 is 1.17 bits per heavy atom. The predicted octanol–water partition coefficient (Wildman–Crippen LogP) is 3.29. The Morgan fingerprint density at radius 2 is 1.74 bits per heavy atom. The van der Waals surface area contributed by atoms with E-state index in [0.29, 0.717) is 0 Å². The zero-order valence-electron chi connectivity index (χ0n) is 12.8. The third kappa shape index (κ3) is 3.78. The lowest BCUT2D eigenvalue weighted by atomic mass is 9.79. The van der Waals surface area contributed by atoms with Crippen molar-refractivity contribution in [1.82, 2.24) is 4.90 Å². The summed E-state index contributed by atoms with van der Waals surface area (Å²) in [5.74, 6) is -4.17. The molecule has 1 aromatic carbocycles. The van der Waals surface area contributed by atoms with Gasteiger partial charge in [-0.3, -0.25) is 4.90 Å². The smallest absolute Gasteiger partial charge is 0.410 e. The summed E-state index contributed by atoms with van der Waals surface area (Å²) in [6, 6.07) is 8.92. The van der Waals surface area contributed by atoms with Crippen molar-refractivity contribution in [2.75, 3.05) is 7.05 Å². The molecule has 0 spiro atoms. The molecule has 1 fully saturated rings. The van der Waals surface area contributed by atoms with Crippen molar-refractivity contribution >= 4 is 12.1 Å². The number of carboxylic acid groups (broad SMARTS) is 1. The van der Waals surface area contributed by atoms with E-state index in [-0.39, 0.29) is 19.4 Å². The molecular formula is C16H19F2NO4. The lowest BCUT2D eigenvalue weighted by Crippen LogP contribution is -2.58. The first-order valence-corrected chi connectivity index (χ1v) is 7.33. The minimum atomic E-state index is -2.88. The van der Waals surface area contributed by atoms with Gasteiger partial charge in [-0.2, -0.15) is 0 Å². The maximum Gasteiger partial charge on any atom is 0.410 e. The second-order valence-corrected chi connectivity index (χ2v) is 5.79. The molecule has 1 aromatic rings. The van der Waals surface area contributed by atoms with Gasteiger partial charge >= 0.3 is 12.1 Å². The fraction of sp³-hybridized carbons (Fsp3) is 0.500. The Kier molecular flexibility index (Phi) is 4.87. The van der Waals surface area contributed by atoms with Crippen LogP contribution >= 0.6 is 0 Å². The molecule has 0 bridgehead atoms. The number of alkyl halides is 2. The molecule has 0 saturated heterocycles. The van der Waals surface area contributed by atoms with Crippen molar-refractivity contribution in [2.24, 2.45) is 0 Å². The Morgan fingerprint density at radius 3 is 2.26 bits per heavy atom. The normalized spacial score (nSPS) is 18.9. The van der Waals surface area contributed by atoms with Crippen LogP contribution in [0.4, 0.5) is 13.6 Å². The van der Waals surface area contributed by atoms with Crippen LogP contribution in [0.5, 0.6) is 0 Å². The molecule has 23 heavy (non-hydrogen) atoms. The van der Waals surface area contributed by atoms with Gasteiger partial charge in [0.05, 0.1) is 0 Å². The fourth-order valence-electron chi connectivity index (χ4n) is 2.71. The van der Waals surface area contributed by atoms with E-state index >= 15 is 0 Å². The molecule has 5 nitrogen and oxygen atoms in total. The molecule has 2 rings (SSSR count). The SMILES string of the molecule is CN(C(=O)OCc1ccccc1)C1(C(=O)O)CCC(F)(F)CC1. The molecule has 0 aliphatic heterocycles. The lowest BCUT2D eigenvalue weighted by molar-refractivity contribution is -0.158. The topological polar surface area (TPSA) is 66.8 Å². The molecule has 0 heterocycles. The maximum atomic E-state index is 13.3. The highest BCUT2D eigenvalue weighted by atomic mass is 19.3. The number of amides is 1. The van der Waals surface area contributed by atoms with Crippen molar-refractivity contribution < 1.29 is 28.2 Å². The van der Waals surface area contributed by atoms with E-state index < -0.39 is 36.4 Å². The van der Waals surface area contributed by atoms with E-state index in [1.54, 1.807) is 24.3 Å². The van der Waals surface area contributed by atoms with Crippen molar-refractivity contribution in [2.45, 2.75) is 43.8 Å². The van der Waals surface area contributed by atoms with E-state index in [1.165, 1.54) is 7.05 Å². The Labute approximate surface area is 132 Å². The van der Waals surface area contributed by atoms with Crippen LogP contribution in [-0.4, -0.2) is 40.6 Å². The minimum absolute atomic E-state index is 0.00410. The van der Waals surface area contributed by atoms with E-state index in [0.717, 1.165) is 10.5 Å². The molecule has 1 amide bonds. The van der Waals surface area contributed by atoms with Gasteiger partial charge in [-0.05, 0) is 18.4 Å². The van der Waals surface area contributed by atoms with E-state index in [1.807, 2.05) is 6.07 Å². The zero-order chi connectivity index (χ0) is 17.1. The number of halogens is 2. The van der Waals surface area contributed by atoms with Gasteiger partial charge in [0.25, 0.3) is 0 Å². The number of carboxylic acids is 1. The highest BCUT2D eigenvalue weighted by Gasteiger charge is 2.52. The largest absolute Gasteiger partial charge is 0.479 e. The number of hydrogen-bond donors (Lipinski definition) is 1. The van der Waals surface area contributed by atoms with Crippen molar-refractivity contribution in [3.8, 4) is 0 Å². The molecule has 7 heteroatoms. The Bertz CT molecular complexity index is 567. The van der Waals surface area contributed by atoms with Gasteiger partial charge in [0.1, 0.15) is 12.1 Å². The standard InChI is InChI=1S/C16H19F2NO4/c1-19(14(22)23-11-12-5-3-2-4-6-12)15(13(20)21)7-9-16(17,18)10-8-15/h2-6H,7-11H2,1H3,(H,20,21). The number of likely N-dealkylation sites (N-methyl/N-ethyl adjacent to an activating group) is 1. The number of hydrogen-bond acceptors (Lipinski definition) is 3. The third-order valence-corrected chi connectivity index (χ3v) is 4.33. The predicted molar refractivity (Wildman–Crippen MR) is 78.2 cm³/mol. The molecule has 0 aromatic heterocycles. The molecule has 0 radical (unpaired) electrons. The monoisotopic (exact) mass is 327 g/mol. The van der Waals surface area contributed by atoms with E-state index in [9.17, 15) is 23.5 Å². The number of aliphatic carboxylic acids is 1. The molecule has 126 valence electrons. The van der Waals surface area contributed by atoms with Crippen molar-refractivity contribution in [3.05, 3.63) is 35.9 Å². The van der Waals surface area contributed by atoms with Crippen LogP contribution in [0, 0.1) is 0 Å². The third-order valence-electron chi connectivity index (χ3n) is 4.33. The minimum Gasteiger partial charge on any atom is -0.479 e. The number of benzene rings is 1. The molecule has 0 unspecified atom stereocenters.